The largest absolute Gasteiger partial charge is 0.464 e. The molecule has 1 aromatic rings. The van der Waals surface area contributed by atoms with E-state index in [1.54, 1.807) is 28.5 Å². The number of hydrogen-bond donors (Lipinski definition) is 1. The first kappa shape index (κ1) is 21.8. The molecule has 1 aliphatic heterocycles. The zero-order valence-electron chi connectivity index (χ0n) is 16.0. The van der Waals surface area contributed by atoms with Crippen LogP contribution in [0.25, 0.3) is 0 Å². The van der Waals surface area contributed by atoms with E-state index < -0.39 is 23.3 Å². The number of esters is 1. The van der Waals surface area contributed by atoms with E-state index in [-0.39, 0.29) is 24.7 Å². The number of rotatable bonds is 6. The smallest absolute Gasteiger partial charge is 0.328 e. The fourth-order valence-electron chi connectivity index (χ4n) is 2.70. The Morgan fingerprint density at radius 2 is 1.96 bits per heavy atom. The highest BCUT2D eigenvalue weighted by Crippen LogP contribution is 2.37. The number of carbonyl (C=O) groups is 3. The first-order chi connectivity index (χ1) is 12.8. The molecular formula is C20H27NO4S2. The average Bonchev–Trinajstić information content (AvgIpc) is 2.63. The average molecular weight is 410 g/mol. The van der Waals surface area contributed by atoms with Gasteiger partial charge in [0.05, 0.1) is 12.5 Å². The number of benzene rings is 1. The van der Waals surface area contributed by atoms with Crippen LogP contribution < -0.4 is 5.32 Å². The second-order valence-corrected chi connectivity index (χ2v) is 9.77. The lowest BCUT2D eigenvalue weighted by Crippen LogP contribution is -2.47. The lowest BCUT2D eigenvalue weighted by Gasteiger charge is -2.28. The lowest BCUT2D eigenvalue weighted by molar-refractivity contribution is -0.147. The summed E-state index contributed by atoms with van der Waals surface area (Å²) in [6.45, 7) is 5.82. The Hall–Kier alpha value is -1.47. The van der Waals surface area contributed by atoms with Crippen LogP contribution in [0, 0.1) is 11.3 Å². The molecule has 1 fully saturated rings. The molecule has 2 unspecified atom stereocenters. The van der Waals surface area contributed by atoms with Crippen LogP contribution >= 0.6 is 21.6 Å². The molecule has 0 bridgehead atoms. The number of nitrogens with one attached hydrogen (secondary N) is 1. The van der Waals surface area contributed by atoms with Gasteiger partial charge in [0, 0.05) is 29.8 Å². The van der Waals surface area contributed by atoms with Crippen molar-refractivity contribution in [3.63, 3.8) is 0 Å². The van der Waals surface area contributed by atoms with Gasteiger partial charge in [0.15, 0.2) is 0 Å². The van der Waals surface area contributed by atoms with E-state index in [2.05, 4.69) is 5.32 Å². The molecule has 2 rings (SSSR count). The van der Waals surface area contributed by atoms with E-state index in [0.717, 1.165) is 11.3 Å². The Labute approximate surface area is 168 Å². The summed E-state index contributed by atoms with van der Waals surface area (Å²) in [6.07, 6.45) is 0.562. The first-order valence-electron chi connectivity index (χ1n) is 9.12. The summed E-state index contributed by atoms with van der Waals surface area (Å²) in [5.74, 6) is 0.231. The van der Waals surface area contributed by atoms with Gasteiger partial charge in [0.25, 0.3) is 0 Å². The molecular weight excluding hydrogens is 382 g/mol. The molecule has 5 nitrogen and oxygen atoms in total. The summed E-state index contributed by atoms with van der Waals surface area (Å²) in [6, 6.07) is 8.74. The summed E-state index contributed by atoms with van der Waals surface area (Å²) >= 11 is 0. The standard InChI is InChI=1S/C20H27NO4S2/c1-4-25-19(24)16(10-14-8-6-5-7-9-14)21-18(23)15-11-17(22)20(2,3)13-27-26-12-15/h5-9,15-16H,4,10-13H2,1-3H3,(H,21,23). The molecule has 1 aliphatic rings. The van der Waals surface area contributed by atoms with Crippen LogP contribution in [0.4, 0.5) is 0 Å². The molecule has 0 spiro atoms. The van der Waals surface area contributed by atoms with Gasteiger partial charge in [-0.2, -0.15) is 0 Å². The third kappa shape index (κ3) is 6.57. The maximum Gasteiger partial charge on any atom is 0.328 e. The van der Waals surface area contributed by atoms with Gasteiger partial charge in [-0.05, 0) is 12.5 Å². The van der Waals surface area contributed by atoms with Gasteiger partial charge in [-0.25, -0.2) is 4.79 Å². The topological polar surface area (TPSA) is 72.5 Å². The number of carbonyl (C=O) groups excluding carboxylic acids is 3. The zero-order valence-corrected chi connectivity index (χ0v) is 17.7. The van der Waals surface area contributed by atoms with Crippen molar-refractivity contribution < 1.29 is 19.1 Å². The molecule has 148 valence electrons. The van der Waals surface area contributed by atoms with E-state index in [0.29, 0.717) is 12.2 Å². The number of ether oxygens (including phenoxy) is 1. The quantitative estimate of drug-likeness (QED) is 0.574. The van der Waals surface area contributed by atoms with Gasteiger partial charge >= 0.3 is 5.97 Å². The SMILES string of the molecule is CCOC(=O)C(Cc1ccccc1)NC(=O)C1CSSCC(C)(C)C(=O)C1. The van der Waals surface area contributed by atoms with Crippen LogP contribution in [-0.2, 0) is 25.5 Å². The van der Waals surface area contributed by atoms with E-state index in [4.69, 9.17) is 4.74 Å². The van der Waals surface area contributed by atoms with Gasteiger partial charge in [-0.3, -0.25) is 9.59 Å². The molecule has 0 aromatic heterocycles. The van der Waals surface area contributed by atoms with E-state index in [1.807, 2.05) is 44.2 Å². The van der Waals surface area contributed by atoms with Crippen molar-refractivity contribution in [3.05, 3.63) is 35.9 Å². The van der Waals surface area contributed by atoms with Crippen molar-refractivity contribution in [3.8, 4) is 0 Å². The maximum atomic E-state index is 12.8. The van der Waals surface area contributed by atoms with Crippen LogP contribution in [0.2, 0.25) is 0 Å². The van der Waals surface area contributed by atoms with Gasteiger partial charge in [-0.1, -0.05) is 65.8 Å². The molecule has 2 atom stereocenters. The summed E-state index contributed by atoms with van der Waals surface area (Å²) in [7, 11) is 3.23. The summed E-state index contributed by atoms with van der Waals surface area (Å²) in [5, 5.41) is 2.83. The second kappa shape index (κ2) is 10.2. The fourth-order valence-corrected chi connectivity index (χ4v) is 5.69. The van der Waals surface area contributed by atoms with Crippen molar-refractivity contribution in [2.75, 3.05) is 18.1 Å². The Morgan fingerprint density at radius 3 is 2.63 bits per heavy atom. The minimum Gasteiger partial charge on any atom is -0.464 e. The van der Waals surface area contributed by atoms with Crippen molar-refractivity contribution in [2.24, 2.45) is 11.3 Å². The van der Waals surface area contributed by atoms with Crippen molar-refractivity contribution in [1.82, 2.24) is 5.32 Å². The molecule has 0 radical (unpaired) electrons. The van der Waals surface area contributed by atoms with Crippen LogP contribution in [0.3, 0.4) is 0 Å². The third-order valence-electron chi connectivity index (χ3n) is 4.50. The number of Topliss-reactive ketones (excluding diaryl/α,β-unsaturated/α-hetero) is 1. The normalized spacial score (nSPS) is 20.9. The van der Waals surface area contributed by atoms with Crippen LogP contribution in [0.5, 0.6) is 0 Å². The van der Waals surface area contributed by atoms with Crippen LogP contribution in [0.15, 0.2) is 30.3 Å². The number of ketones is 1. The monoisotopic (exact) mass is 409 g/mol. The van der Waals surface area contributed by atoms with Gasteiger partial charge in [0.2, 0.25) is 5.91 Å². The van der Waals surface area contributed by atoms with Gasteiger partial charge < -0.3 is 10.1 Å². The summed E-state index contributed by atoms with van der Waals surface area (Å²) < 4.78 is 5.13. The second-order valence-electron chi connectivity index (χ2n) is 7.26. The lowest BCUT2D eigenvalue weighted by atomic mass is 9.85. The highest BCUT2D eigenvalue weighted by Gasteiger charge is 2.35. The Kier molecular flexibility index (Phi) is 8.23. The van der Waals surface area contributed by atoms with E-state index in [1.165, 1.54) is 0 Å². The molecule has 0 saturated carbocycles. The molecule has 1 amide bonds. The predicted octanol–water partition coefficient (Wildman–Crippen LogP) is 3.27. The molecule has 1 heterocycles. The Bertz CT molecular complexity index is 663. The summed E-state index contributed by atoms with van der Waals surface area (Å²) in [5.41, 5.74) is 0.497. The van der Waals surface area contributed by atoms with E-state index in [9.17, 15) is 14.4 Å². The highest BCUT2D eigenvalue weighted by atomic mass is 33.1. The van der Waals surface area contributed by atoms with Crippen molar-refractivity contribution >= 4 is 39.2 Å². The highest BCUT2D eigenvalue weighted by molar-refractivity contribution is 8.76. The Balaban J connectivity index is 2.09. The van der Waals surface area contributed by atoms with Crippen molar-refractivity contribution in [1.29, 1.82) is 0 Å². The van der Waals surface area contributed by atoms with Crippen LogP contribution in [0.1, 0.15) is 32.8 Å². The summed E-state index contributed by atoms with van der Waals surface area (Å²) in [4.78, 5) is 37.7. The minimum absolute atomic E-state index is 0.0891. The van der Waals surface area contributed by atoms with Gasteiger partial charge in [0.1, 0.15) is 11.8 Å². The minimum atomic E-state index is -0.758. The molecule has 1 N–H and O–H groups in total. The third-order valence-corrected chi connectivity index (χ3v) is 7.31. The molecule has 27 heavy (non-hydrogen) atoms. The predicted molar refractivity (Wildman–Crippen MR) is 111 cm³/mol. The number of amides is 1. The maximum absolute atomic E-state index is 12.8. The zero-order chi connectivity index (χ0) is 19.9. The molecule has 1 saturated heterocycles. The molecule has 7 heteroatoms. The molecule has 0 aliphatic carbocycles. The molecule has 1 aromatic carbocycles. The fraction of sp³-hybridized carbons (Fsp3) is 0.550. The van der Waals surface area contributed by atoms with Crippen molar-refractivity contribution in [2.45, 2.75) is 39.7 Å². The van der Waals surface area contributed by atoms with Gasteiger partial charge in [-0.15, -0.1) is 0 Å². The number of hydrogen-bond acceptors (Lipinski definition) is 6. The van der Waals surface area contributed by atoms with E-state index >= 15 is 0 Å². The first-order valence-corrected chi connectivity index (χ1v) is 11.6. The Morgan fingerprint density at radius 1 is 1.26 bits per heavy atom. The van der Waals surface area contributed by atoms with Crippen LogP contribution in [-0.4, -0.2) is 41.8 Å².